The Morgan fingerprint density at radius 2 is 2.25 bits per heavy atom. The fourth-order valence-corrected chi connectivity index (χ4v) is 2.88. The van der Waals surface area contributed by atoms with Crippen LogP contribution in [0, 0.1) is 6.92 Å². The van der Waals surface area contributed by atoms with Gasteiger partial charge < -0.3 is 10.2 Å². The average Bonchev–Trinajstić information content (AvgIpc) is 2.91. The largest absolute Gasteiger partial charge is 0.337 e. The van der Waals surface area contributed by atoms with Gasteiger partial charge in [0, 0.05) is 35.7 Å². The van der Waals surface area contributed by atoms with Gasteiger partial charge in [0.05, 0.1) is 0 Å². The molecule has 1 saturated heterocycles. The number of aryl methyl sites for hydroxylation is 1. The van der Waals surface area contributed by atoms with Crippen LogP contribution < -0.4 is 10.2 Å². The van der Waals surface area contributed by atoms with E-state index in [0.29, 0.717) is 6.04 Å². The van der Waals surface area contributed by atoms with E-state index in [1.54, 1.807) is 0 Å². The molecule has 1 aromatic heterocycles. The van der Waals surface area contributed by atoms with Gasteiger partial charge in [0.15, 0.2) is 5.82 Å². The molecule has 1 atom stereocenters. The van der Waals surface area contributed by atoms with Gasteiger partial charge in [-0.05, 0) is 26.0 Å². The van der Waals surface area contributed by atoms with Gasteiger partial charge in [-0.3, -0.25) is 5.10 Å². The molecule has 2 aromatic rings. The second-order valence-corrected chi connectivity index (χ2v) is 6.12. The Morgan fingerprint density at radius 1 is 1.40 bits per heavy atom. The average molecular weight is 336 g/mol. The molecule has 5 nitrogen and oxygen atoms in total. The summed E-state index contributed by atoms with van der Waals surface area (Å²) in [5.74, 6) is 1.59. The molecule has 1 aliphatic heterocycles. The number of hydrogen-bond acceptors (Lipinski definition) is 4. The van der Waals surface area contributed by atoms with E-state index in [1.807, 2.05) is 6.07 Å². The van der Waals surface area contributed by atoms with E-state index in [0.717, 1.165) is 41.4 Å². The summed E-state index contributed by atoms with van der Waals surface area (Å²) >= 11 is 3.57. The van der Waals surface area contributed by atoms with Crippen molar-refractivity contribution in [1.82, 2.24) is 20.5 Å². The smallest absolute Gasteiger partial charge is 0.245 e. The van der Waals surface area contributed by atoms with Gasteiger partial charge in [0.2, 0.25) is 5.95 Å². The highest BCUT2D eigenvalue weighted by atomic mass is 79.9. The van der Waals surface area contributed by atoms with Crippen molar-refractivity contribution in [2.75, 3.05) is 24.5 Å². The van der Waals surface area contributed by atoms with Crippen LogP contribution in [0.1, 0.15) is 12.5 Å². The molecule has 20 heavy (non-hydrogen) atoms. The van der Waals surface area contributed by atoms with Gasteiger partial charge in [-0.2, -0.15) is 4.98 Å². The molecule has 0 radical (unpaired) electrons. The first kappa shape index (κ1) is 13.6. The van der Waals surface area contributed by atoms with Crippen molar-refractivity contribution >= 4 is 21.9 Å². The lowest BCUT2D eigenvalue weighted by atomic mass is 10.1. The Balaban J connectivity index is 1.88. The van der Waals surface area contributed by atoms with E-state index in [-0.39, 0.29) is 0 Å². The maximum absolute atomic E-state index is 4.64. The molecule has 3 rings (SSSR count). The van der Waals surface area contributed by atoms with E-state index in [4.69, 9.17) is 0 Å². The van der Waals surface area contributed by atoms with Crippen molar-refractivity contribution in [1.29, 1.82) is 0 Å². The minimum absolute atomic E-state index is 0.469. The molecule has 0 spiro atoms. The maximum atomic E-state index is 4.64. The highest BCUT2D eigenvalue weighted by molar-refractivity contribution is 9.10. The van der Waals surface area contributed by atoms with Gasteiger partial charge in [0.1, 0.15) is 0 Å². The lowest BCUT2D eigenvalue weighted by Crippen LogP contribution is -2.49. The van der Waals surface area contributed by atoms with Crippen molar-refractivity contribution in [2.45, 2.75) is 19.9 Å². The summed E-state index contributed by atoms with van der Waals surface area (Å²) in [6.45, 7) is 7.10. The number of rotatable bonds is 2. The lowest BCUT2D eigenvalue weighted by Gasteiger charge is -2.30. The molecular formula is C14H18BrN5. The van der Waals surface area contributed by atoms with Gasteiger partial charge in [-0.1, -0.05) is 27.6 Å². The summed E-state index contributed by atoms with van der Waals surface area (Å²) < 4.78 is 1.03. The number of nitrogens with zero attached hydrogens (tertiary/aromatic N) is 3. The number of nitrogens with one attached hydrogen (secondary N) is 2. The maximum Gasteiger partial charge on any atom is 0.245 e. The first-order valence-electron chi connectivity index (χ1n) is 6.81. The Labute approximate surface area is 126 Å². The van der Waals surface area contributed by atoms with E-state index < -0.39 is 0 Å². The molecule has 1 aliphatic rings. The van der Waals surface area contributed by atoms with Gasteiger partial charge in [-0.25, -0.2) is 0 Å². The van der Waals surface area contributed by atoms with Gasteiger partial charge in [0.25, 0.3) is 0 Å². The third-order valence-electron chi connectivity index (χ3n) is 3.50. The number of aromatic nitrogens is 3. The summed E-state index contributed by atoms with van der Waals surface area (Å²) in [5, 5.41) is 10.8. The first-order valence-corrected chi connectivity index (χ1v) is 7.60. The van der Waals surface area contributed by atoms with Crippen LogP contribution in [0.3, 0.4) is 0 Å². The number of piperazine rings is 1. The Morgan fingerprint density at radius 3 is 3.05 bits per heavy atom. The molecule has 0 bridgehead atoms. The molecule has 0 saturated carbocycles. The molecule has 0 aliphatic carbocycles. The topological polar surface area (TPSA) is 56.8 Å². The Hall–Kier alpha value is -1.40. The molecule has 1 fully saturated rings. The van der Waals surface area contributed by atoms with Crippen LogP contribution in [-0.4, -0.2) is 40.9 Å². The minimum atomic E-state index is 0.469. The third kappa shape index (κ3) is 2.71. The van der Waals surface area contributed by atoms with E-state index in [9.17, 15) is 0 Å². The van der Waals surface area contributed by atoms with Gasteiger partial charge in [-0.15, -0.1) is 5.10 Å². The van der Waals surface area contributed by atoms with Crippen LogP contribution in [0.2, 0.25) is 0 Å². The zero-order valence-corrected chi connectivity index (χ0v) is 13.2. The Kier molecular flexibility index (Phi) is 3.76. The monoisotopic (exact) mass is 335 g/mol. The van der Waals surface area contributed by atoms with Crippen LogP contribution in [-0.2, 0) is 0 Å². The second kappa shape index (κ2) is 5.54. The summed E-state index contributed by atoms with van der Waals surface area (Å²) in [5.41, 5.74) is 2.25. The molecular weight excluding hydrogens is 318 g/mol. The van der Waals surface area contributed by atoms with Crippen molar-refractivity contribution in [3.05, 3.63) is 28.2 Å². The SMILES string of the molecule is Cc1ccc(Br)c(-c2nc(N3CCNC(C)C3)n[nH]2)c1. The Bertz CT molecular complexity index is 609. The molecule has 2 heterocycles. The zero-order chi connectivity index (χ0) is 14.1. The molecule has 1 aromatic carbocycles. The molecule has 2 N–H and O–H groups in total. The van der Waals surface area contributed by atoms with Crippen molar-refractivity contribution in [3.8, 4) is 11.4 Å². The summed E-state index contributed by atoms with van der Waals surface area (Å²) in [6, 6.07) is 6.69. The van der Waals surface area contributed by atoms with Crippen molar-refractivity contribution < 1.29 is 0 Å². The third-order valence-corrected chi connectivity index (χ3v) is 4.19. The quantitative estimate of drug-likeness (QED) is 0.884. The summed E-state index contributed by atoms with van der Waals surface area (Å²) in [6.07, 6.45) is 0. The van der Waals surface area contributed by atoms with Crippen LogP contribution in [0.5, 0.6) is 0 Å². The number of halogens is 1. The number of benzene rings is 1. The second-order valence-electron chi connectivity index (χ2n) is 5.27. The van der Waals surface area contributed by atoms with Crippen LogP contribution >= 0.6 is 15.9 Å². The predicted octanol–water partition coefficient (Wildman–Crippen LogP) is 2.34. The van der Waals surface area contributed by atoms with Crippen LogP contribution in [0.25, 0.3) is 11.4 Å². The normalized spacial score (nSPS) is 19.4. The number of H-pyrrole nitrogens is 1. The molecule has 1 unspecified atom stereocenters. The highest BCUT2D eigenvalue weighted by Gasteiger charge is 2.20. The standard InChI is InChI=1S/C14H18BrN5/c1-9-3-4-12(15)11(7-9)13-17-14(19-18-13)20-6-5-16-10(2)8-20/h3-4,7,10,16H,5-6,8H2,1-2H3,(H,17,18,19). The lowest BCUT2D eigenvalue weighted by molar-refractivity contribution is 0.480. The fourth-order valence-electron chi connectivity index (χ4n) is 2.45. The van der Waals surface area contributed by atoms with Gasteiger partial charge >= 0.3 is 0 Å². The van der Waals surface area contributed by atoms with E-state index in [2.05, 4.69) is 67.3 Å². The van der Waals surface area contributed by atoms with E-state index >= 15 is 0 Å². The fraction of sp³-hybridized carbons (Fsp3) is 0.429. The summed E-state index contributed by atoms with van der Waals surface area (Å²) in [7, 11) is 0. The minimum Gasteiger partial charge on any atom is -0.337 e. The van der Waals surface area contributed by atoms with Crippen molar-refractivity contribution in [2.24, 2.45) is 0 Å². The van der Waals surface area contributed by atoms with Crippen molar-refractivity contribution in [3.63, 3.8) is 0 Å². The summed E-state index contributed by atoms with van der Waals surface area (Å²) in [4.78, 5) is 6.86. The highest BCUT2D eigenvalue weighted by Crippen LogP contribution is 2.27. The number of aromatic amines is 1. The predicted molar refractivity (Wildman–Crippen MR) is 83.9 cm³/mol. The molecule has 0 amide bonds. The molecule has 6 heteroatoms. The first-order chi connectivity index (χ1) is 9.63. The molecule has 106 valence electrons. The van der Waals surface area contributed by atoms with Crippen LogP contribution in [0.4, 0.5) is 5.95 Å². The zero-order valence-electron chi connectivity index (χ0n) is 11.7. The number of hydrogen-bond donors (Lipinski definition) is 2. The number of anilines is 1. The van der Waals surface area contributed by atoms with E-state index in [1.165, 1.54) is 5.56 Å². The van der Waals surface area contributed by atoms with Crippen LogP contribution in [0.15, 0.2) is 22.7 Å².